The van der Waals surface area contributed by atoms with Crippen LogP contribution in [0.4, 0.5) is 22.7 Å². The number of anilines is 4. The summed E-state index contributed by atoms with van der Waals surface area (Å²) < 4.78 is 0. The molecule has 0 bridgehead atoms. The molecule has 0 N–H and O–H groups in total. The molecule has 0 aromatic heterocycles. The minimum Gasteiger partial charge on any atom is -0.345 e. The highest BCUT2D eigenvalue weighted by Crippen LogP contribution is 2.40. The number of rotatable bonds is 0. The van der Waals surface area contributed by atoms with Gasteiger partial charge in [0.1, 0.15) is 16.1 Å². The van der Waals surface area contributed by atoms with E-state index in [9.17, 15) is 0 Å². The van der Waals surface area contributed by atoms with Crippen LogP contribution in [0.3, 0.4) is 0 Å². The zero-order valence-electron chi connectivity index (χ0n) is 37.8. The number of hydrogen-bond donors (Lipinski definition) is 0. The Kier molecular flexibility index (Phi) is 14.1. The Labute approximate surface area is 352 Å². The Morgan fingerprint density at radius 1 is 0.328 bits per heavy atom. The van der Waals surface area contributed by atoms with Crippen molar-refractivity contribution in [1.29, 1.82) is 0 Å². The Bertz CT molecular complexity index is 2660. The zero-order valence-corrected chi connectivity index (χ0v) is 39.8. The van der Waals surface area contributed by atoms with E-state index in [1.165, 1.54) is 76.2 Å². The second kappa shape index (κ2) is 18.6. The normalized spacial score (nSPS) is 13.6. The van der Waals surface area contributed by atoms with Crippen LogP contribution in [0.5, 0.6) is 0 Å². The number of fused-ring (bicyclic) bond motifs is 12. The van der Waals surface area contributed by atoms with E-state index in [2.05, 4.69) is 196 Å². The molecule has 0 fully saturated rings. The van der Waals surface area contributed by atoms with Gasteiger partial charge in [0.2, 0.25) is 0 Å². The Morgan fingerprint density at radius 2 is 0.741 bits per heavy atom. The summed E-state index contributed by atoms with van der Waals surface area (Å²) in [6.07, 6.45) is 0. The van der Waals surface area contributed by atoms with Crippen LogP contribution in [0, 0.1) is 0 Å². The molecule has 2 heterocycles. The first-order chi connectivity index (χ1) is 28.2. The van der Waals surface area contributed by atoms with Gasteiger partial charge in [-0.15, -0.1) is 0 Å². The van der Waals surface area contributed by atoms with E-state index in [0.29, 0.717) is 0 Å². The summed E-state index contributed by atoms with van der Waals surface area (Å²) in [6.45, 7) is 26.0. The highest BCUT2D eigenvalue weighted by molar-refractivity contribution is 7.04. The van der Waals surface area contributed by atoms with Gasteiger partial charge in [0, 0.05) is 42.2 Å². The lowest BCUT2D eigenvalue weighted by Crippen LogP contribution is -2.59. The molecule has 0 radical (unpaired) electrons. The highest BCUT2D eigenvalue weighted by atomic mass is 28.3. The van der Waals surface area contributed by atoms with E-state index in [1.807, 2.05) is 55.4 Å². The van der Waals surface area contributed by atoms with Crippen molar-refractivity contribution in [1.82, 2.24) is 0 Å². The van der Waals surface area contributed by atoms with Crippen molar-refractivity contribution in [2.24, 2.45) is 0 Å². The molecule has 10 rings (SSSR count). The minimum atomic E-state index is -1.80. The third-order valence-electron chi connectivity index (χ3n) is 11.6. The smallest absolute Gasteiger partial charge is 0.118 e. The minimum absolute atomic E-state index is 1.32. The first kappa shape index (κ1) is 43.9. The first-order valence-electron chi connectivity index (χ1n) is 21.7. The lowest BCUT2D eigenvalue weighted by molar-refractivity contribution is 1.22. The fourth-order valence-corrected chi connectivity index (χ4v) is 16.1. The Balaban J connectivity index is 0.000000189. The average Bonchev–Trinajstić information content (AvgIpc) is 3.29. The van der Waals surface area contributed by atoms with Crippen LogP contribution in [0.1, 0.15) is 55.4 Å². The second-order valence-corrected chi connectivity index (χ2v) is 23.7. The van der Waals surface area contributed by atoms with Crippen molar-refractivity contribution >= 4 is 103 Å². The van der Waals surface area contributed by atoms with Gasteiger partial charge in [-0.25, -0.2) is 0 Å². The fourth-order valence-electron chi connectivity index (χ4n) is 9.15. The first-order valence-corrected chi connectivity index (χ1v) is 27.7. The van der Waals surface area contributed by atoms with Crippen molar-refractivity contribution in [3.8, 4) is 0 Å². The van der Waals surface area contributed by atoms with Gasteiger partial charge in [-0.3, -0.25) is 0 Å². The Hall–Kier alpha value is -5.17. The fraction of sp³-hybridized carbons (Fsp3) is 0.259. The topological polar surface area (TPSA) is 6.48 Å². The number of benzene rings is 8. The molecule has 0 aliphatic carbocycles. The lowest BCUT2D eigenvalue weighted by atomic mass is 9.99. The van der Waals surface area contributed by atoms with Gasteiger partial charge in [-0.1, -0.05) is 197 Å². The number of nitrogens with zero attached hydrogens (tertiary/aromatic N) is 2. The Morgan fingerprint density at radius 3 is 1.31 bits per heavy atom. The number of para-hydroxylation sites is 2. The maximum absolute atomic E-state index is 2.50. The molecule has 2 aliphatic heterocycles. The second-order valence-electron chi connectivity index (χ2n) is 15.1. The monoisotopic (exact) mass is 798 g/mol. The van der Waals surface area contributed by atoms with E-state index < -0.39 is 16.1 Å². The molecule has 300 valence electrons. The molecule has 0 saturated carbocycles. The van der Waals surface area contributed by atoms with Gasteiger partial charge >= 0.3 is 0 Å². The SMILES string of the molecule is CC.CC.CC.CC.CN1c2ccccc2[Si](C)(C)c2c1c1ccccc1c1ccccc21.CN1c2ccccc2[Si](C)(C)c2c1ccc1cc3ccccc3cc21. The van der Waals surface area contributed by atoms with Gasteiger partial charge in [0.05, 0.1) is 0 Å². The summed E-state index contributed by atoms with van der Waals surface area (Å²) in [7, 11) is 0.863. The molecule has 0 spiro atoms. The molecule has 0 atom stereocenters. The van der Waals surface area contributed by atoms with Gasteiger partial charge in [-0.2, -0.15) is 0 Å². The predicted octanol–water partition coefficient (Wildman–Crippen LogP) is 13.9. The average molecular weight is 799 g/mol. The maximum atomic E-state index is 2.50. The van der Waals surface area contributed by atoms with Crippen LogP contribution >= 0.6 is 0 Å². The lowest BCUT2D eigenvalue weighted by Gasteiger charge is -2.41. The summed E-state index contributed by atoms with van der Waals surface area (Å²) in [5, 5.41) is 17.2. The third kappa shape index (κ3) is 7.37. The third-order valence-corrected chi connectivity index (χ3v) is 18.7. The number of hydrogen-bond acceptors (Lipinski definition) is 2. The van der Waals surface area contributed by atoms with Crippen molar-refractivity contribution in [3.05, 3.63) is 146 Å². The van der Waals surface area contributed by atoms with Crippen LogP contribution in [0.15, 0.2) is 146 Å². The van der Waals surface area contributed by atoms with Crippen LogP contribution in [0.2, 0.25) is 26.2 Å². The molecule has 0 amide bonds. The largest absolute Gasteiger partial charge is 0.345 e. The zero-order chi connectivity index (χ0) is 42.4. The summed E-state index contributed by atoms with van der Waals surface area (Å²) in [4.78, 5) is 4.79. The van der Waals surface area contributed by atoms with Gasteiger partial charge in [0.25, 0.3) is 0 Å². The molecule has 4 heteroatoms. The van der Waals surface area contributed by atoms with Crippen LogP contribution < -0.4 is 30.5 Å². The molecule has 0 saturated heterocycles. The van der Waals surface area contributed by atoms with Crippen LogP contribution in [-0.4, -0.2) is 30.2 Å². The summed E-state index contributed by atoms with van der Waals surface area (Å²) >= 11 is 0. The van der Waals surface area contributed by atoms with Crippen molar-refractivity contribution in [2.45, 2.75) is 81.6 Å². The highest BCUT2D eigenvalue weighted by Gasteiger charge is 2.40. The summed E-state index contributed by atoms with van der Waals surface area (Å²) in [5.74, 6) is 0. The summed E-state index contributed by atoms with van der Waals surface area (Å²) in [5.41, 5.74) is 5.52. The molecule has 8 aromatic carbocycles. The van der Waals surface area contributed by atoms with Gasteiger partial charge in [-0.05, 0) is 88.8 Å². The van der Waals surface area contributed by atoms with E-state index >= 15 is 0 Å². The molecule has 0 unspecified atom stereocenters. The van der Waals surface area contributed by atoms with Crippen LogP contribution in [-0.2, 0) is 0 Å². The predicted molar refractivity (Wildman–Crippen MR) is 271 cm³/mol. The van der Waals surface area contributed by atoms with Gasteiger partial charge in [0.15, 0.2) is 0 Å². The van der Waals surface area contributed by atoms with Crippen molar-refractivity contribution < 1.29 is 0 Å². The molecular weight excluding hydrogens is 733 g/mol. The van der Waals surface area contributed by atoms with Gasteiger partial charge < -0.3 is 9.80 Å². The van der Waals surface area contributed by atoms with Crippen molar-refractivity contribution in [2.75, 3.05) is 23.9 Å². The maximum Gasteiger partial charge on any atom is 0.118 e. The van der Waals surface area contributed by atoms with E-state index in [-0.39, 0.29) is 0 Å². The molecule has 8 aromatic rings. The van der Waals surface area contributed by atoms with E-state index in [0.717, 1.165) is 0 Å². The molecule has 2 nitrogen and oxygen atoms in total. The van der Waals surface area contributed by atoms with E-state index in [4.69, 9.17) is 0 Å². The van der Waals surface area contributed by atoms with Crippen molar-refractivity contribution in [3.63, 3.8) is 0 Å². The molecular formula is C54H66N2Si2. The van der Waals surface area contributed by atoms with E-state index in [1.54, 1.807) is 10.4 Å². The standard InChI is InChI=1S/2C23H21NSi.4C2H6/c1-24-20-14-8-9-15-21(20)25(2,3)23-19-13-7-5-11-17(19)16-10-4-6-12-18(16)22(23)24;1-24-20-10-6-7-11-22(20)25(2,3)23-19-15-17-9-5-4-8-16(17)14-18(19)12-13-21(23)24;4*1-2/h2*4-15H,1-3H3;4*1-2H3. The summed E-state index contributed by atoms with van der Waals surface area (Å²) in [6, 6.07) is 53.7. The van der Waals surface area contributed by atoms with Crippen LogP contribution in [0.25, 0.3) is 43.1 Å². The molecule has 2 aliphatic rings. The quantitative estimate of drug-likeness (QED) is 0.0856. The molecule has 58 heavy (non-hydrogen) atoms.